The summed E-state index contributed by atoms with van der Waals surface area (Å²) in [6, 6.07) is 8.67. The standard InChI is InChI=1S/C19H14F3N5O2S/c1-10-16(27-9-12(19(20,21)22)4-7-15(27)24-10)14-8-23-18(30-14)25-13-5-2-11(3-6-13)17(28)26-29/h2-9,29H,1H3,(H,23,25)(H,26,28). The lowest BCUT2D eigenvalue weighted by Gasteiger charge is -2.08. The maximum absolute atomic E-state index is 13.1. The van der Waals surface area contributed by atoms with Crippen LogP contribution in [0.25, 0.3) is 16.2 Å². The number of halogens is 3. The Morgan fingerprint density at radius 3 is 2.57 bits per heavy atom. The van der Waals surface area contributed by atoms with Crippen LogP contribution in [-0.2, 0) is 6.18 Å². The monoisotopic (exact) mass is 433 g/mol. The quantitative estimate of drug-likeness (QED) is 0.322. The summed E-state index contributed by atoms with van der Waals surface area (Å²) in [5, 5.41) is 12.2. The lowest BCUT2D eigenvalue weighted by Crippen LogP contribution is -2.18. The van der Waals surface area contributed by atoms with Crippen LogP contribution in [0.1, 0.15) is 21.6 Å². The summed E-state index contributed by atoms with van der Waals surface area (Å²) in [7, 11) is 0. The molecule has 1 aromatic carbocycles. The maximum Gasteiger partial charge on any atom is 0.417 e. The van der Waals surface area contributed by atoms with E-state index in [-0.39, 0.29) is 5.56 Å². The molecule has 0 aliphatic rings. The lowest BCUT2D eigenvalue weighted by atomic mass is 10.2. The molecule has 0 aliphatic heterocycles. The Hall–Kier alpha value is -3.44. The second-order valence-corrected chi connectivity index (χ2v) is 7.39. The molecule has 0 spiro atoms. The molecule has 0 saturated carbocycles. The number of nitrogens with zero attached hydrogens (tertiary/aromatic N) is 3. The minimum absolute atomic E-state index is 0.282. The van der Waals surface area contributed by atoms with Gasteiger partial charge in [0, 0.05) is 23.6 Å². The van der Waals surface area contributed by atoms with Gasteiger partial charge in [0.2, 0.25) is 0 Å². The highest BCUT2D eigenvalue weighted by atomic mass is 32.1. The molecule has 154 valence electrons. The highest BCUT2D eigenvalue weighted by molar-refractivity contribution is 7.18. The lowest BCUT2D eigenvalue weighted by molar-refractivity contribution is -0.137. The average molecular weight is 433 g/mol. The predicted molar refractivity (Wildman–Crippen MR) is 105 cm³/mol. The molecule has 0 bridgehead atoms. The average Bonchev–Trinajstić information content (AvgIpc) is 3.29. The van der Waals surface area contributed by atoms with E-state index in [9.17, 15) is 18.0 Å². The van der Waals surface area contributed by atoms with Gasteiger partial charge in [0.1, 0.15) is 5.65 Å². The first-order valence-electron chi connectivity index (χ1n) is 8.60. The summed E-state index contributed by atoms with van der Waals surface area (Å²) in [5.41, 5.74) is 3.27. The van der Waals surface area contributed by atoms with Crippen LogP contribution in [0, 0.1) is 6.92 Å². The van der Waals surface area contributed by atoms with E-state index in [1.807, 2.05) is 0 Å². The number of benzene rings is 1. The summed E-state index contributed by atoms with van der Waals surface area (Å²) in [5.74, 6) is -0.626. The summed E-state index contributed by atoms with van der Waals surface area (Å²) < 4.78 is 40.7. The fraction of sp³-hybridized carbons (Fsp3) is 0.105. The molecule has 3 heterocycles. The van der Waals surface area contributed by atoms with Gasteiger partial charge in [-0.3, -0.25) is 14.4 Å². The number of hydrogen-bond donors (Lipinski definition) is 3. The molecule has 0 saturated heterocycles. The van der Waals surface area contributed by atoms with Crippen molar-refractivity contribution >= 4 is 33.7 Å². The molecule has 3 aromatic heterocycles. The van der Waals surface area contributed by atoms with Gasteiger partial charge in [0.15, 0.2) is 5.13 Å². The van der Waals surface area contributed by atoms with Gasteiger partial charge in [-0.05, 0) is 43.3 Å². The number of nitrogens with one attached hydrogen (secondary N) is 2. The zero-order valence-corrected chi connectivity index (χ0v) is 16.2. The number of carbonyl (C=O) groups excluding carboxylic acids is 1. The van der Waals surface area contributed by atoms with E-state index < -0.39 is 17.6 Å². The second kappa shape index (κ2) is 7.43. The summed E-state index contributed by atoms with van der Waals surface area (Å²) >= 11 is 1.26. The summed E-state index contributed by atoms with van der Waals surface area (Å²) in [6.45, 7) is 1.73. The third-order valence-electron chi connectivity index (χ3n) is 4.36. The van der Waals surface area contributed by atoms with Crippen LogP contribution in [0.2, 0.25) is 0 Å². The Morgan fingerprint density at radius 1 is 1.17 bits per heavy atom. The number of aryl methyl sites for hydroxylation is 1. The molecule has 4 rings (SSSR count). The van der Waals surface area contributed by atoms with E-state index in [0.717, 1.165) is 12.3 Å². The Bertz CT molecular complexity index is 1230. The number of alkyl halides is 3. The van der Waals surface area contributed by atoms with E-state index in [4.69, 9.17) is 5.21 Å². The molecule has 11 heteroatoms. The second-order valence-electron chi connectivity index (χ2n) is 6.36. The van der Waals surface area contributed by atoms with Crippen molar-refractivity contribution < 1.29 is 23.2 Å². The van der Waals surface area contributed by atoms with Gasteiger partial charge in [0.25, 0.3) is 5.91 Å². The van der Waals surface area contributed by atoms with Crippen molar-refractivity contribution in [3.63, 3.8) is 0 Å². The first kappa shape index (κ1) is 19.9. The van der Waals surface area contributed by atoms with Crippen LogP contribution in [0.15, 0.2) is 48.8 Å². The number of hydroxylamine groups is 1. The molecule has 4 aromatic rings. The summed E-state index contributed by atoms with van der Waals surface area (Å²) in [6.07, 6.45) is -1.86. The third kappa shape index (κ3) is 3.72. The predicted octanol–water partition coefficient (Wildman–Crippen LogP) is 4.65. The number of fused-ring (bicyclic) bond motifs is 1. The van der Waals surface area contributed by atoms with Crippen molar-refractivity contribution in [3.8, 4) is 10.6 Å². The first-order chi connectivity index (χ1) is 14.3. The molecule has 0 radical (unpaired) electrons. The Kier molecular flexibility index (Phi) is 4.92. The van der Waals surface area contributed by atoms with Gasteiger partial charge in [-0.25, -0.2) is 15.4 Å². The van der Waals surface area contributed by atoms with Gasteiger partial charge >= 0.3 is 6.18 Å². The number of imidazole rings is 1. The first-order valence-corrected chi connectivity index (χ1v) is 9.41. The molecule has 3 N–H and O–H groups in total. The SMILES string of the molecule is Cc1nc2ccc(C(F)(F)F)cn2c1-c1cnc(Nc2ccc(C(=O)NO)cc2)s1. The highest BCUT2D eigenvalue weighted by Crippen LogP contribution is 2.35. The van der Waals surface area contributed by atoms with E-state index in [1.165, 1.54) is 33.9 Å². The molecule has 0 unspecified atom stereocenters. The number of hydrogen-bond acceptors (Lipinski definition) is 6. The number of aromatic nitrogens is 3. The molecule has 0 aliphatic carbocycles. The number of amides is 1. The molecule has 30 heavy (non-hydrogen) atoms. The Labute approximate surface area is 171 Å². The molecule has 7 nitrogen and oxygen atoms in total. The number of anilines is 2. The number of thiazole rings is 1. The van der Waals surface area contributed by atoms with E-state index in [2.05, 4.69) is 15.3 Å². The molecular weight excluding hydrogens is 419 g/mol. The minimum Gasteiger partial charge on any atom is -0.332 e. The number of carbonyl (C=O) groups is 1. The smallest absolute Gasteiger partial charge is 0.332 e. The van der Waals surface area contributed by atoms with Gasteiger partial charge in [-0.2, -0.15) is 13.2 Å². The fourth-order valence-corrected chi connectivity index (χ4v) is 3.89. The van der Waals surface area contributed by atoms with Crippen molar-refractivity contribution in [2.45, 2.75) is 13.1 Å². The molecule has 0 atom stereocenters. The van der Waals surface area contributed by atoms with Crippen LogP contribution < -0.4 is 10.8 Å². The largest absolute Gasteiger partial charge is 0.417 e. The fourth-order valence-electron chi connectivity index (χ4n) is 2.96. The highest BCUT2D eigenvalue weighted by Gasteiger charge is 2.31. The van der Waals surface area contributed by atoms with E-state index in [1.54, 1.807) is 30.7 Å². The van der Waals surface area contributed by atoms with Gasteiger partial charge in [0.05, 0.1) is 21.8 Å². The van der Waals surface area contributed by atoms with E-state index in [0.29, 0.717) is 32.7 Å². The topological polar surface area (TPSA) is 91.5 Å². The molecule has 0 fully saturated rings. The Balaban J connectivity index is 1.64. The zero-order chi connectivity index (χ0) is 21.5. The van der Waals surface area contributed by atoms with E-state index >= 15 is 0 Å². The van der Waals surface area contributed by atoms with Gasteiger partial charge in [-0.15, -0.1) is 0 Å². The molecule has 1 amide bonds. The van der Waals surface area contributed by atoms with Crippen molar-refractivity contribution in [2.24, 2.45) is 0 Å². The Morgan fingerprint density at radius 2 is 1.90 bits per heavy atom. The maximum atomic E-state index is 13.1. The number of rotatable bonds is 4. The van der Waals surface area contributed by atoms with Crippen LogP contribution >= 0.6 is 11.3 Å². The normalized spacial score (nSPS) is 11.6. The molecular formula is C19H14F3N5O2S. The van der Waals surface area contributed by atoms with Crippen LogP contribution in [0.5, 0.6) is 0 Å². The zero-order valence-electron chi connectivity index (χ0n) is 15.4. The van der Waals surface area contributed by atoms with Crippen molar-refractivity contribution in [1.82, 2.24) is 19.8 Å². The number of pyridine rings is 1. The van der Waals surface area contributed by atoms with Crippen LogP contribution in [0.3, 0.4) is 0 Å². The van der Waals surface area contributed by atoms with Gasteiger partial charge < -0.3 is 5.32 Å². The summed E-state index contributed by atoms with van der Waals surface area (Å²) in [4.78, 5) is 20.6. The third-order valence-corrected chi connectivity index (χ3v) is 5.28. The van der Waals surface area contributed by atoms with Gasteiger partial charge in [-0.1, -0.05) is 11.3 Å². The van der Waals surface area contributed by atoms with Crippen molar-refractivity contribution in [2.75, 3.05) is 5.32 Å². The minimum atomic E-state index is -4.46. The van der Waals surface area contributed by atoms with Crippen LogP contribution in [-0.4, -0.2) is 25.5 Å². The van der Waals surface area contributed by atoms with Crippen molar-refractivity contribution in [1.29, 1.82) is 0 Å². The van der Waals surface area contributed by atoms with Crippen LogP contribution in [0.4, 0.5) is 24.0 Å². The van der Waals surface area contributed by atoms with Crippen molar-refractivity contribution in [3.05, 3.63) is 65.6 Å².